The molecule has 0 aliphatic heterocycles. The summed E-state index contributed by atoms with van der Waals surface area (Å²) in [6.07, 6.45) is -4.24. The predicted octanol–water partition coefficient (Wildman–Crippen LogP) is 6.34. The third-order valence-electron chi connectivity index (χ3n) is 6.54. The van der Waals surface area contributed by atoms with Crippen molar-refractivity contribution in [3.63, 3.8) is 0 Å². The number of aromatic nitrogens is 1. The average molecular weight is 559 g/mol. The van der Waals surface area contributed by atoms with E-state index >= 15 is 0 Å². The number of pyridine rings is 1. The van der Waals surface area contributed by atoms with E-state index in [9.17, 15) is 27.9 Å². The zero-order valence-electron chi connectivity index (χ0n) is 21.6. The standard InChI is InChI=1S/C32H24F3NO5/c33-32(34,35)24-16-17-26-30(29(31(38)39)23-9-4-5-10-25(23)36-26)28(24)21-12-14-22(15-13-21)40-18-6-11-27(37)41-19-20-7-2-1-3-8-20/h1-5,7-10,12-17H,6,11,18-19H2,(H,38,39)/p-1. The Morgan fingerprint density at radius 3 is 2.24 bits per heavy atom. The Hall–Kier alpha value is -4.92. The number of para-hydroxylation sites is 1. The van der Waals surface area contributed by atoms with Crippen molar-refractivity contribution < 1.29 is 37.3 Å². The van der Waals surface area contributed by atoms with Crippen LogP contribution in [0, 0.1) is 0 Å². The molecule has 0 aliphatic rings. The van der Waals surface area contributed by atoms with Crippen LogP contribution in [0.3, 0.4) is 0 Å². The van der Waals surface area contributed by atoms with Crippen LogP contribution in [0.25, 0.3) is 32.9 Å². The SMILES string of the molecule is O=C(CCCOc1ccc(-c2c(C(F)(F)F)ccc3nc4ccccc4c(C(=O)[O-])c23)cc1)OCc1ccccc1. The smallest absolute Gasteiger partial charge is 0.417 e. The Labute approximate surface area is 233 Å². The molecule has 1 heterocycles. The number of hydrogen-bond donors (Lipinski definition) is 0. The van der Waals surface area contributed by atoms with E-state index in [-0.39, 0.29) is 58.6 Å². The van der Waals surface area contributed by atoms with Gasteiger partial charge in [-0.25, -0.2) is 4.98 Å². The molecule has 6 nitrogen and oxygen atoms in total. The monoisotopic (exact) mass is 558 g/mol. The number of halogens is 3. The molecule has 0 radical (unpaired) electrons. The maximum absolute atomic E-state index is 14.2. The highest BCUT2D eigenvalue weighted by atomic mass is 19.4. The van der Waals surface area contributed by atoms with Gasteiger partial charge in [0, 0.05) is 28.3 Å². The molecule has 0 N–H and O–H groups in total. The molecule has 41 heavy (non-hydrogen) atoms. The summed E-state index contributed by atoms with van der Waals surface area (Å²) in [4.78, 5) is 28.7. The molecule has 0 amide bonds. The number of esters is 1. The van der Waals surface area contributed by atoms with Crippen molar-refractivity contribution in [2.75, 3.05) is 6.61 Å². The highest BCUT2D eigenvalue weighted by Crippen LogP contribution is 2.43. The maximum Gasteiger partial charge on any atom is 0.417 e. The molecule has 0 saturated heterocycles. The second-order valence-corrected chi connectivity index (χ2v) is 9.29. The lowest BCUT2D eigenvalue weighted by Gasteiger charge is -2.20. The Morgan fingerprint density at radius 2 is 1.54 bits per heavy atom. The lowest BCUT2D eigenvalue weighted by Crippen LogP contribution is -2.23. The quantitative estimate of drug-likeness (QED) is 0.119. The van der Waals surface area contributed by atoms with Crippen LogP contribution in [-0.2, 0) is 22.3 Å². The molecule has 208 valence electrons. The minimum atomic E-state index is -4.76. The zero-order valence-corrected chi connectivity index (χ0v) is 21.6. The van der Waals surface area contributed by atoms with Gasteiger partial charge in [0.05, 0.1) is 29.2 Å². The van der Waals surface area contributed by atoms with Crippen LogP contribution in [-0.4, -0.2) is 23.5 Å². The van der Waals surface area contributed by atoms with Crippen LogP contribution in [0.2, 0.25) is 0 Å². The fourth-order valence-electron chi connectivity index (χ4n) is 4.67. The van der Waals surface area contributed by atoms with Crippen molar-refractivity contribution in [2.45, 2.75) is 25.6 Å². The predicted molar refractivity (Wildman–Crippen MR) is 145 cm³/mol. The second-order valence-electron chi connectivity index (χ2n) is 9.29. The molecule has 0 fully saturated rings. The molecule has 4 aromatic carbocycles. The van der Waals surface area contributed by atoms with Gasteiger partial charge in [-0.05, 0) is 47.9 Å². The number of alkyl halides is 3. The number of rotatable bonds is 9. The van der Waals surface area contributed by atoms with Crippen molar-refractivity contribution in [3.05, 3.63) is 108 Å². The van der Waals surface area contributed by atoms with Crippen molar-refractivity contribution >= 4 is 33.7 Å². The molecule has 0 unspecified atom stereocenters. The van der Waals surface area contributed by atoms with Gasteiger partial charge < -0.3 is 19.4 Å². The average Bonchev–Trinajstić information content (AvgIpc) is 2.96. The van der Waals surface area contributed by atoms with Crippen LogP contribution in [0.15, 0.2) is 91.0 Å². The van der Waals surface area contributed by atoms with Crippen molar-refractivity contribution in [1.82, 2.24) is 4.98 Å². The molecule has 5 rings (SSSR count). The third kappa shape index (κ3) is 6.14. The summed E-state index contributed by atoms with van der Waals surface area (Å²) in [5.74, 6) is -1.59. The summed E-state index contributed by atoms with van der Waals surface area (Å²) in [6, 6.07) is 23.6. The highest BCUT2D eigenvalue weighted by molar-refractivity contribution is 6.17. The summed E-state index contributed by atoms with van der Waals surface area (Å²) in [7, 11) is 0. The number of carbonyl (C=O) groups excluding carboxylic acids is 2. The number of fused-ring (bicyclic) bond motifs is 2. The number of carbonyl (C=O) groups is 2. The van der Waals surface area contributed by atoms with Crippen molar-refractivity contribution in [2.24, 2.45) is 0 Å². The number of carboxylic acid groups (broad SMARTS) is 1. The van der Waals surface area contributed by atoms with Gasteiger partial charge in [-0.15, -0.1) is 0 Å². The van der Waals surface area contributed by atoms with E-state index in [1.807, 2.05) is 30.3 Å². The Bertz CT molecular complexity index is 1720. The summed E-state index contributed by atoms with van der Waals surface area (Å²) in [5.41, 5.74) is -0.200. The summed E-state index contributed by atoms with van der Waals surface area (Å²) < 4.78 is 53.4. The van der Waals surface area contributed by atoms with Gasteiger partial charge in [0.15, 0.2) is 0 Å². The van der Waals surface area contributed by atoms with Crippen LogP contribution in [0.5, 0.6) is 5.75 Å². The first kappa shape index (κ1) is 27.6. The number of benzene rings is 4. The Balaban J connectivity index is 1.37. The molecular formula is C32H23F3NO5-. The molecule has 0 bridgehead atoms. The molecule has 0 saturated carbocycles. The van der Waals surface area contributed by atoms with Gasteiger partial charge in [-0.3, -0.25) is 4.79 Å². The van der Waals surface area contributed by atoms with E-state index in [0.717, 1.165) is 11.6 Å². The molecule has 0 spiro atoms. The first-order chi connectivity index (χ1) is 19.7. The summed E-state index contributed by atoms with van der Waals surface area (Å²) in [5, 5.41) is 12.3. The Morgan fingerprint density at radius 1 is 0.829 bits per heavy atom. The van der Waals surface area contributed by atoms with Gasteiger partial charge in [-0.2, -0.15) is 13.2 Å². The van der Waals surface area contributed by atoms with E-state index in [2.05, 4.69) is 4.98 Å². The molecule has 0 aliphatic carbocycles. The molecule has 0 atom stereocenters. The lowest BCUT2D eigenvalue weighted by molar-refractivity contribution is -0.254. The summed E-state index contributed by atoms with van der Waals surface area (Å²) >= 11 is 0. The highest BCUT2D eigenvalue weighted by Gasteiger charge is 2.35. The van der Waals surface area contributed by atoms with Gasteiger partial charge >= 0.3 is 12.1 Å². The van der Waals surface area contributed by atoms with E-state index in [1.165, 1.54) is 36.4 Å². The first-order valence-electron chi connectivity index (χ1n) is 12.8. The first-order valence-corrected chi connectivity index (χ1v) is 12.8. The molecule has 5 aromatic rings. The topological polar surface area (TPSA) is 88.5 Å². The fraction of sp³-hybridized carbons (Fsp3) is 0.156. The van der Waals surface area contributed by atoms with Gasteiger partial charge in [0.25, 0.3) is 0 Å². The molecule has 9 heteroatoms. The minimum Gasteiger partial charge on any atom is -0.545 e. The van der Waals surface area contributed by atoms with E-state index in [4.69, 9.17) is 9.47 Å². The number of carboxylic acids is 1. The van der Waals surface area contributed by atoms with Gasteiger partial charge in [-0.1, -0.05) is 60.7 Å². The number of ether oxygens (including phenoxy) is 2. The van der Waals surface area contributed by atoms with Crippen LogP contribution in [0.4, 0.5) is 13.2 Å². The van der Waals surface area contributed by atoms with Crippen LogP contribution < -0.4 is 9.84 Å². The van der Waals surface area contributed by atoms with Gasteiger partial charge in [0.1, 0.15) is 12.4 Å². The zero-order chi connectivity index (χ0) is 29.0. The van der Waals surface area contributed by atoms with Crippen molar-refractivity contribution in [1.29, 1.82) is 0 Å². The fourth-order valence-corrected chi connectivity index (χ4v) is 4.67. The van der Waals surface area contributed by atoms with Crippen LogP contribution in [0.1, 0.15) is 34.3 Å². The third-order valence-corrected chi connectivity index (χ3v) is 6.54. The van der Waals surface area contributed by atoms with E-state index in [0.29, 0.717) is 17.7 Å². The van der Waals surface area contributed by atoms with E-state index < -0.39 is 17.7 Å². The Kier molecular flexibility index (Phi) is 7.87. The van der Waals surface area contributed by atoms with Crippen molar-refractivity contribution in [3.8, 4) is 16.9 Å². The second kappa shape index (κ2) is 11.7. The largest absolute Gasteiger partial charge is 0.545 e. The lowest BCUT2D eigenvalue weighted by atomic mass is 9.90. The van der Waals surface area contributed by atoms with Crippen LogP contribution >= 0.6 is 0 Å². The number of nitrogens with zero attached hydrogens (tertiary/aromatic N) is 1. The van der Waals surface area contributed by atoms with E-state index in [1.54, 1.807) is 18.2 Å². The normalized spacial score (nSPS) is 11.5. The number of hydrogen-bond acceptors (Lipinski definition) is 6. The summed E-state index contributed by atoms with van der Waals surface area (Å²) in [6.45, 7) is 0.369. The van der Waals surface area contributed by atoms with Gasteiger partial charge in [0.2, 0.25) is 0 Å². The minimum absolute atomic E-state index is 0.102. The molecular weight excluding hydrogens is 535 g/mol. The molecule has 1 aromatic heterocycles. The number of aromatic carboxylic acids is 1. The maximum atomic E-state index is 14.2.